The molecule has 0 saturated carbocycles. The number of rotatable bonds is 9. The fourth-order valence-electron chi connectivity index (χ4n) is 3.51. The van der Waals surface area contributed by atoms with Gasteiger partial charge < -0.3 is 20.1 Å². The number of likely N-dealkylation sites (N-methyl/N-ethyl adjacent to an activating group) is 1. The van der Waals surface area contributed by atoms with Crippen molar-refractivity contribution in [2.24, 2.45) is 4.99 Å². The Kier molecular flexibility index (Phi) is 11.5. The number of guanidine groups is 1. The SMILES string of the molecule is CCN1CCCC1CNC(=NC)NCCCc1ccc(OC)c(OC)c1.I. The minimum absolute atomic E-state index is 0. The molecule has 0 aliphatic carbocycles. The lowest BCUT2D eigenvalue weighted by Crippen LogP contribution is -2.45. The summed E-state index contributed by atoms with van der Waals surface area (Å²) in [5, 5.41) is 6.88. The molecule has 1 aromatic rings. The molecule has 1 aliphatic heterocycles. The number of ether oxygens (including phenoxy) is 2. The van der Waals surface area contributed by atoms with Gasteiger partial charge in [0.2, 0.25) is 0 Å². The maximum absolute atomic E-state index is 5.36. The van der Waals surface area contributed by atoms with Gasteiger partial charge >= 0.3 is 0 Å². The zero-order valence-electron chi connectivity index (χ0n) is 17.1. The number of nitrogens with zero attached hydrogens (tertiary/aromatic N) is 2. The Morgan fingerprint density at radius 1 is 1.22 bits per heavy atom. The van der Waals surface area contributed by atoms with Crippen LogP contribution < -0.4 is 20.1 Å². The second-order valence-electron chi connectivity index (χ2n) is 6.60. The van der Waals surface area contributed by atoms with Gasteiger partial charge in [0.15, 0.2) is 17.5 Å². The molecule has 27 heavy (non-hydrogen) atoms. The molecule has 1 heterocycles. The molecule has 1 fully saturated rings. The van der Waals surface area contributed by atoms with Gasteiger partial charge in [-0.15, -0.1) is 24.0 Å². The summed E-state index contributed by atoms with van der Waals surface area (Å²) in [5.41, 5.74) is 1.25. The summed E-state index contributed by atoms with van der Waals surface area (Å²) in [5.74, 6) is 2.44. The molecule has 0 aromatic heterocycles. The molecule has 1 unspecified atom stereocenters. The quantitative estimate of drug-likeness (QED) is 0.241. The minimum atomic E-state index is 0. The summed E-state index contributed by atoms with van der Waals surface area (Å²) in [6.07, 6.45) is 4.59. The summed E-state index contributed by atoms with van der Waals surface area (Å²) in [4.78, 5) is 6.87. The van der Waals surface area contributed by atoms with Gasteiger partial charge in [-0.2, -0.15) is 0 Å². The second-order valence-corrected chi connectivity index (χ2v) is 6.60. The Morgan fingerprint density at radius 2 is 2.00 bits per heavy atom. The second kappa shape index (κ2) is 13.0. The van der Waals surface area contributed by atoms with Gasteiger partial charge in [0.1, 0.15) is 0 Å². The van der Waals surface area contributed by atoms with Gasteiger partial charge in [0.25, 0.3) is 0 Å². The van der Waals surface area contributed by atoms with Crippen LogP contribution in [0.1, 0.15) is 31.7 Å². The van der Waals surface area contributed by atoms with E-state index in [0.29, 0.717) is 6.04 Å². The molecule has 0 amide bonds. The van der Waals surface area contributed by atoms with E-state index < -0.39 is 0 Å². The zero-order valence-corrected chi connectivity index (χ0v) is 19.4. The fraction of sp³-hybridized carbons (Fsp3) is 0.650. The summed E-state index contributed by atoms with van der Waals surface area (Å²) in [7, 11) is 5.16. The van der Waals surface area contributed by atoms with Gasteiger partial charge in [-0.1, -0.05) is 13.0 Å². The first-order chi connectivity index (χ1) is 12.7. The van der Waals surface area contributed by atoms with Gasteiger partial charge in [-0.3, -0.25) is 9.89 Å². The van der Waals surface area contributed by atoms with Crippen LogP contribution in [0, 0.1) is 0 Å². The monoisotopic (exact) mass is 490 g/mol. The number of hydrogen-bond acceptors (Lipinski definition) is 4. The van der Waals surface area contributed by atoms with Crippen molar-refractivity contribution >= 4 is 29.9 Å². The van der Waals surface area contributed by atoms with Crippen LogP contribution >= 0.6 is 24.0 Å². The van der Waals surface area contributed by atoms with E-state index in [9.17, 15) is 0 Å². The number of aliphatic imine (C=N–C) groups is 1. The molecular formula is C20H35IN4O2. The van der Waals surface area contributed by atoms with E-state index in [-0.39, 0.29) is 24.0 Å². The first-order valence-corrected chi connectivity index (χ1v) is 9.61. The topological polar surface area (TPSA) is 58.1 Å². The van der Waals surface area contributed by atoms with Crippen molar-refractivity contribution < 1.29 is 9.47 Å². The van der Waals surface area contributed by atoms with E-state index in [1.54, 1.807) is 14.2 Å². The molecule has 0 spiro atoms. The Labute approximate surface area is 181 Å². The normalized spacial score (nSPS) is 17.3. The van der Waals surface area contributed by atoms with Crippen molar-refractivity contribution in [1.82, 2.24) is 15.5 Å². The van der Waals surface area contributed by atoms with Crippen molar-refractivity contribution in [3.63, 3.8) is 0 Å². The number of likely N-dealkylation sites (tertiary alicyclic amines) is 1. The van der Waals surface area contributed by atoms with Crippen molar-refractivity contribution in [3.05, 3.63) is 23.8 Å². The highest BCUT2D eigenvalue weighted by Gasteiger charge is 2.22. The van der Waals surface area contributed by atoms with Crippen LogP contribution in [0.25, 0.3) is 0 Å². The third-order valence-corrected chi connectivity index (χ3v) is 5.02. The fourth-order valence-corrected chi connectivity index (χ4v) is 3.51. The Balaban J connectivity index is 0.00000364. The highest BCUT2D eigenvalue weighted by molar-refractivity contribution is 14.0. The van der Waals surface area contributed by atoms with E-state index in [0.717, 1.165) is 49.9 Å². The van der Waals surface area contributed by atoms with Crippen molar-refractivity contribution in [1.29, 1.82) is 0 Å². The lowest BCUT2D eigenvalue weighted by molar-refractivity contribution is 0.267. The maximum Gasteiger partial charge on any atom is 0.191 e. The molecule has 1 atom stereocenters. The Bertz CT molecular complexity index is 583. The number of aryl methyl sites for hydroxylation is 1. The van der Waals surface area contributed by atoms with Crippen LogP contribution in [-0.2, 0) is 6.42 Å². The third kappa shape index (κ3) is 7.37. The maximum atomic E-state index is 5.36. The Morgan fingerprint density at radius 3 is 2.67 bits per heavy atom. The van der Waals surface area contributed by atoms with Crippen LogP contribution in [0.2, 0.25) is 0 Å². The lowest BCUT2D eigenvalue weighted by atomic mass is 10.1. The predicted octanol–water partition coefficient (Wildman–Crippen LogP) is 2.90. The summed E-state index contributed by atoms with van der Waals surface area (Å²) >= 11 is 0. The third-order valence-electron chi connectivity index (χ3n) is 5.02. The highest BCUT2D eigenvalue weighted by atomic mass is 127. The number of benzene rings is 1. The average molecular weight is 490 g/mol. The average Bonchev–Trinajstić information content (AvgIpc) is 3.14. The van der Waals surface area contributed by atoms with E-state index >= 15 is 0 Å². The van der Waals surface area contributed by atoms with Crippen LogP contribution in [0.15, 0.2) is 23.2 Å². The largest absolute Gasteiger partial charge is 0.493 e. The molecule has 2 rings (SSSR count). The van der Waals surface area contributed by atoms with E-state index in [2.05, 4.69) is 33.5 Å². The van der Waals surface area contributed by atoms with Gasteiger partial charge in [-0.25, -0.2) is 0 Å². The molecule has 0 radical (unpaired) electrons. The summed E-state index contributed by atoms with van der Waals surface area (Å²) in [6, 6.07) is 6.73. The van der Waals surface area contributed by atoms with Crippen LogP contribution in [0.5, 0.6) is 11.5 Å². The van der Waals surface area contributed by atoms with E-state index in [4.69, 9.17) is 9.47 Å². The number of halogens is 1. The molecule has 1 saturated heterocycles. The molecule has 7 heteroatoms. The summed E-state index contributed by atoms with van der Waals surface area (Å²) < 4.78 is 10.6. The first kappa shape index (κ1) is 23.8. The van der Waals surface area contributed by atoms with Crippen LogP contribution in [0.4, 0.5) is 0 Å². The molecule has 154 valence electrons. The number of nitrogens with one attached hydrogen (secondary N) is 2. The van der Waals surface area contributed by atoms with Gasteiger partial charge in [0, 0.05) is 26.2 Å². The molecule has 0 bridgehead atoms. The molecule has 6 nitrogen and oxygen atoms in total. The van der Waals surface area contributed by atoms with Crippen molar-refractivity contribution in [2.75, 3.05) is 47.4 Å². The van der Waals surface area contributed by atoms with Crippen LogP contribution in [-0.4, -0.2) is 64.3 Å². The zero-order chi connectivity index (χ0) is 18.8. The first-order valence-electron chi connectivity index (χ1n) is 9.61. The van der Waals surface area contributed by atoms with Gasteiger partial charge in [0.05, 0.1) is 14.2 Å². The molecular weight excluding hydrogens is 455 g/mol. The smallest absolute Gasteiger partial charge is 0.191 e. The van der Waals surface area contributed by atoms with E-state index in [1.807, 2.05) is 19.2 Å². The standard InChI is InChI=1S/C20H34N4O2.HI/c1-5-24-13-7-9-17(24)15-23-20(21-2)22-12-6-8-16-10-11-18(25-3)19(14-16)26-4;/h10-11,14,17H,5-9,12-13,15H2,1-4H3,(H2,21,22,23);1H. The van der Waals surface area contributed by atoms with Crippen LogP contribution in [0.3, 0.4) is 0 Å². The van der Waals surface area contributed by atoms with E-state index in [1.165, 1.54) is 24.9 Å². The van der Waals surface area contributed by atoms with Gasteiger partial charge in [-0.05, 0) is 56.5 Å². The molecule has 1 aromatic carbocycles. The highest BCUT2D eigenvalue weighted by Crippen LogP contribution is 2.27. The molecule has 2 N–H and O–H groups in total. The predicted molar refractivity (Wildman–Crippen MR) is 123 cm³/mol. The lowest BCUT2D eigenvalue weighted by Gasteiger charge is -2.24. The summed E-state index contributed by atoms with van der Waals surface area (Å²) in [6.45, 7) is 6.43. The van der Waals surface area contributed by atoms with Crippen molar-refractivity contribution in [3.8, 4) is 11.5 Å². The number of methoxy groups -OCH3 is 2. The minimum Gasteiger partial charge on any atom is -0.493 e. The Hall–Kier alpha value is -1.22. The molecule has 1 aliphatic rings. The van der Waals surface area contributed by atoms with Crippen molar-refractivity contribution in [2.45, 2.75) is 38.6 Å². The number of hydrogen-bond donors (Lipinski definition) is 2.